The molecule has 1 aromatic carbocycles. The Morgan fingerprint density at radius 2 is 1.57 bits per heavy atom. The lowest BCUT2D eigenvalue weighted by molar-refractivity contribution is 0.410. The molecule has 4 nitrogen and oxygen atoms in total. The molecule has 120 valence electrons. The Morgan fingerprint density at radius 1 is 1.00 bits per heavy atom. The molecule has 0 radical (unpaired) electrons. The maximum atomic E-state index is 12.6. The van der Waals surface area contributed by atoms with Crippen LogP contribution in [0, 0.1) is 0 Å². The van der Waals surface area contributed by atoms with Crippen molar-refractivity contribution in [3.05, 3.63) is 29.8 Å². The predicted octanol–water partition coefficient (Wildman–Crippen LogP) is 2.65. The molecular formula is C16H28N2O2S. The number of hydrogen-bond acceptors (Lipinski definition) is 3. The number of nitrogens with zero attached hydrogens (tertiary/aromatic N) is 1. The van der Waals surface area contributed by atoms with Crippen molar-refractivity contribution in [2.75, 3.05) is 26.2 Å². The van der Waals surface area contributed by atoms with Gasteiger partial charge in [0.25, 0.3) is 0 Å². The number of sulfonamides is 1. The van der Waals surface area contributed by atoms with Gasteiger partial charge in [0, 0.05) is 13.1 Å². The third-order valence-electron chi connectivity index (χ3n) is 3.35. The predicted molar refractivity (Wildman–Crippen MR) is 88.0 cm³/mol. The molecule has 0 aliphatic rings. The zero-order valence-electron chi connectivity index (χ0n) is 13.4. The van der Waals surface area contributed by atoms with Gasteiger partial charge in [0.15, 0.2) is 0 Å². The lowest BCUT2D eigenvalue weighted by Gasteiger charge is -2.21. The van der Waals surface area contributed by atoms with E-state index >= 15 is 0 Å². The average molecular weight is 312 g/mol. The summed E-state index contributed by atoms with van der Waals surface area (Å²) in [5.74, 6) is 0. The smallest absolute Gasteiger partial charge is 0.243 e. The average Bonchev–Trinajstić information content (AvgIpc) is 2.48. The van der Waals surface area contributed by atoms with E-state index in [9.17, 15) is 8.42 Å². The summed E-state index contributed by atoms with van der Waals surface area (Å²) in [7, 11) is -3.35. The van der Waals surface area contributed by atoms with E-state index in [4.69, 9.17) is 0 Å². The van der Waals surface area contributed by atoms with E-state index in [1.807, 2.05) is 26.0 Å². The Morgan fingerprint density at radius 3 is 2.05 bits per heavy atom. The summed E-state index contributed by atoms with van der Waals surface area (Å²) in [5, 5.41) is 3.27. The van der Waals surface area contributed by atoms with E-state index in [-0.39, 0.29) is 0 Å². The summed E-state index contributed by atoms with van der Waals surface area (Å²) in [6.45, 7) is 9.11. The SMILES string of the molecule is CCCN(CCC)S(=O)(=O)c1ccc(CCNCC)cc1. The summed E-state index contributed by atoms with van der Waals surface area (Å²) in [6, 6.07) is 7.30. The van der Waals surface area contributed by atoms with Crippen LogP contribution >= 0.6 is 0 Å². The first-order chi connectivity index (χ1) is 10.1. The van der Waals surface area contributed by atoms with E-state index < -0.39 is 10.0 Å². The third-order valence-corrected chi connectivity index (χ3v) is 5.26. The van der Waals surface area contributed by atoms with E-state index in [1.165, 1.54) is 0 Å². The standard InChI is InChI=1S/C16H28N2O2S/c1-4-13-18(14-5-2)21(19,20)16-9-7-15(8-10-16)11-12-17-6-3/h7-10,17H,4-6,11-14H2,1-3H3. The second-order valence-corrected chi connectivity index (χ2v) is 7.09. The lowest BCUT2D eigenvalue weighted by atomic mass is 10.1. The molecule has 0 bridgehead atoms. The van der Waals surface area contributed by atoms with Gasteiger partial charge in [-0.05, 0) is 50.0 Å². The monoisotopic (exact) mass is 312 g/mol. The van der Waals surface area contributed by atoms with Gasteiger partial charge in [0.2, 0.25) is 10.0 Å². The van der Waals surface area contributed by atoms with Gasteiger partial charge < -0.3 is 5.32 Å². The second-order valence-electron chi connectivity index (χ2n) is 5.15. The van der Waals surface area contributed by atoms with Gasteiger partial charge in [-0.15, -0.1) is 0 Å². The molecule has 0 amide bonds. The molecule has 0 aliphatic heterocycles. The maximum absolute atomic E-state index is 12.6. The third kappa shape index (κ3) is 5.41. The molecule has 0 unspecified atom stereocenters. The highest BCUT2D eigenvalue weighted by atomic mass is 32.2. The first kappa shape index (κ1) is 18.1. The van der Waals surface area contributed by atoms with Crippen LogP contribution in [0.4, 0.5) is 0 Å². The van der Waals surface area contributed by atoms with E-state index in [0.29, 0.717) is 18.0 Å². The minimum absolute atomic E-state index is 0.400. The minimum Gasteiger partial charge on any atom is -0.317 e. The summed E-state index contributed by atoms with van der Waals surface area (Å²) in [6.07, 6.45) is 2.59. The number of likely N-dealkylation sites (N-methyl/N-ethyl adjacent to an activating group) is 1. The summed E-state index contributed by atoms with van der Waals surface area (Å²) in [4.78, 5) is 0.400. The second kappa shape index (κ2) is 9.18. The molecule has 1 N–H and O–H groups in total. The zero-order chi connectivity index (χ0) is 15.7. The van der Waals surface area contributed by atoms with Gasteiger partial charge in [-0.3, -0.25) is 0 Å². The van der Waals surface area contributed by atoms with E-state index in [0.717, 1.165) is 37.9 Å². The number of nitrogens with one attached hydrogen (secondary N) is 1. The summed E-state index contributed by atoms with van der Waals surface area (Å²) < 4.78 is 26.8. The van der Waals surface area contributed by atoms with Crippen molar-refractivity contribution in [2.24, 2.45) is 0 Å². The number of benzene rings is 1. The van der Waals surface area contributed by atoms with Crippen molar-refractivity contribution in [1.29, 1.82) is 0 Å². The van der Waals surface area contributed by atoms with Crippen molar-refractivity contribution < 1.29 is 8.42 Å². The van der Waals surface area contributed by atoms with Crippen LogP contribution in [0.2, 0.25) is 0 Å². The molecule has 0 atom stereocenters. The van der Waals surface area contributed by atoms with Crippen LogP contribution in [0.15, 0.2) is 29.2 Å². The van der Waals surface area contributed by atoms with Crippen molar-refractivity contribution in [1.82, 2.24) is 9.62 Å². The van der Waals surface area contributed by atoms with Gasteiger partial charge in [-0.1, -0.05) is 32.9 Å². The van der Waals surface area contributed by atoms with Gasteiger partial charge in [-0.25, -0.2) is 8.42 Å². The van der Waals surface area contributed by atoms with Crippen LogP contribution < -0.4 is 5.32 Å². The highest BCUT2D eigenvalue weighted by molar-refractivity contribution is 7.89. The fraction of sp³-hybridized carbons (Fsp3) is 0.625. The summed E-state index contributed by atoms with van der Waals surface area (Å²) in [5.41, 5.74) is 1.16. The molecule has 5 heteroatoms. The molecule has 1 aromatic rings. The van der Waals surface area contributed by atoms with Crippen LogP contribution in [0.3, 0.4) is 0 Å². The number of rotatable bonds is 10. The quantitative estimate of drug-likeness (QED) is 0.676. The highest BCUT2D eigenvalue weighted by Crippen LogP contribution is 2.17. The maximum Gasteiger partial charge on any atom is 0.243 e. The van der Waals surface area contributed by atoms with Gasteiger partial charge in [-0.2, -0.15) is 4.31 Å². The molecule has 0 saturated carbocycles. The molecule has 0 spiro atoms. The Bertz CT molecular complexity index is 492. The van der Waals surface area contributed by atoms with Crippen molar-refractivity contribution >= 4 is 10.0 Å². The highest BCUT2D eigenvalue weighted by Gasteiger charge is 2.22. The van der Waals surface area contributed by atoms with Crippen LogP contribution in [-0.2, 0) is 16.4 Å². The fourth-order valence-corrected chi connectivity index (χ4v) is 3.86. The van der Waals surface area contributed by atoms with Crippen LogP contribution in [0.25, 0.3) is 0 Å². The van der Waals surface area contributed by atoms with Crippen molar-refractivity contribution in [2.45, 2.75) is 44.9 Å². The summed E-state index contributed by atoms with van der Waals surface area (Å²) >= 11 is 0. The minimum atomic E-state index is -3.35. The normalized spacial score (nSPS) is 12.0. The van der Waals surface area contributed by atoms with E-state index in [1.54, 1.807) is 16.4 Å². The van der Waals surface area contributed by atoms with Crippen LogP contribution in [0.1, 0.15) is 39.2 Å². The van der Waals surface area contributed by atoms with Crippen molar-refractivity contribution in [3.8, 4) is 0 Å². The fourth-order valence-electron chi connectivity index (χ4n) is 2.24. The Hall–Kier alpha value is -0.910. The van der Waals surface area contributed by atoms with Gasteiger partial charge >= 0.3 is 0 Å². The first-order valence-corrected chi connectivity index (χ1v) is 9.30. The van der Waals surface area contributed by atoms with E-state index in [2.05, 4.69) is 12.2 Å². The molecule has 1 rings (SSSR count). The Kier molecular flexibility index (Phi) is 7.93. The number of hydrogen-bond donors (Lipinski definition) is 1. The first-order valence-electron chi connectivity index (χ1n) is 7.86. The topological polar surface area (TPSA) is 49.4 Å². The molecule has 0 aliphatic carbocycles. The molecule has 0 heterocycles. The van der Waals surface area contributed by atoms with Gasteiger partial charge in [0.1, 0.15) is 0 Å². The molecule has 0 saturated heterocycles. The van der Waals surface area contributed by atoms with Crippen LogP contribution in [0.5, 0.6) is 0 Å². The Labute approximate surface area is 129 Å². The zero-order valence-corrected chi connectivity index (χ0v) is 14.2. The molecule has 0 aromatic heterocycles. The molecule has 0 fully saturated rings. The molecular weight excluding hydrogens is 284 g/mol. The lowest BCUT2D eigenvalue weighted by Crippen LogP contribution is -2.32. The van der Waals surface area contributed by atoms with Gasteiger partial charge in [0.05, 0.1) is 4.90 Å². The molecule has 21 heavy (non-hydrogen) atoms. The van der Waals surface area contributed by atoms with Crippen LogP contribution in [-0.4, -0.2) is 38.9 Å². The largest absolute Gasteiger partial charge is 0.317 e. The van der Waals surface area contributed by atoms with Crippen molar-refractivity contribution in [3.63, 3.8) is 0 Å². The Balaban J connectivity index is 2.82.